The molecule has 0 bridgehead atoms. The van der Waals surface area contributed by atoms with Crippen molar-refractivity contribution in [3.63, 3.8) is 0 Å². The maximum absolute atomic E-state index is 11.2. The average molecular weight is 308 g/mol. The Labute approximate surface area is 110 Å². The van der Waals surface area contributed by atoms with Crippen molar-refractivity contribution in [3.05, 3.63) is 33.2 Å². The van der Waals surface area contributed by atoms with Gasteiger partial charge in [-0.3, -0.25) is 4.68 Å². The number of hydrogen-bond acceptors (Lipinski definition) is 3. The lowest BCUT2D eigenvalue weighted by Gasteiger charge is -1.97. The van der Waals surface area contributed by atoms with Crippen molar-refractivity contribution in [2.75, 3.05) is 5.73 Å². The highest BCUT2D eigenvalue weighted by molar-refractivity contribution is 9.10. The number of hydrogen-bond donors (Lipinski definition) is 3. The monoisotopic (exact) mass is 307 g/mol. The first-order valence-electron chi connectivity index (χ1n) is 5.26. The smallest absolute Gasteiger partial charge is 0.323 e. The molecule has 7 heteroatoms. The molecule has 0 saturated carbocycles. The van der Waals surface area contributed by atoms with Crippen LogP contribution in [0.1, 0.15) is 0 Å². The number of H-pyrrole nitrogens is 2. The topological polar surface area (TPSA) is 92.5 Å². The first kappa shape index (κ1) is 11.1. The van der Waals surface area contributed by atoms with E-state index in [1.807, 2.05) is 18.2 Å². The third-order valence-corrected chi connectivity index (χ3v) is 3.60. The minimum Gasteiger partial charge on any atom is -0.383 e. The molecule has 4 N–H and O–H groups in total. The van der Waals surface area contributed by atoms with Gasteiger partial charge in [-0.05, 0) is 28.1 Å². The van der Waals surface area contributed by atoms with Crippen molar-refractivity contribution >= 4 is 32.8 Å². The number of imidazole rings is 1. The molecule has 2 heterocycles. The van der Waals surface area contributed by atoms with Crippen molar-refractivity contribution in [3.8, 4) is 11.3 Å². The summed E-state index contributed by atoms with van der Waals surface area (Å²) >= 11 is 3.42. The number of nitrogens with zero attached hydrogens (tertiary/aromatic N) is 2. The summed E-state index contributed by atoms with van der Waals surface area (Å²) in [6.45, 7) is 0. The molecule has 0 saturated heterocycles. The van der Waals surface area contributed by atoms with Crippen molar-refractivity contribution in [2.24, 2.45) is 7.05 Å². The highest BCUT2D eigenvalue weighted by atomic mass is 79.9. The fourth-order valence-corrected chi connectivity index (χ4v) is 2.44. The molecule has 0 aliphatic heterocycles. The number of fused-ring (bicyclic) bond motifs is 1. The van der Waals surface area contributed by atoms with Crippen LogP contribution in [0, 0.1) is 0 Å². The summed E-state index contributed by atoms with van der Waals surface area (Å²) in [5, 5.41) is 4.34. The van der Waals surface area contributed by atoms with E-state index in [1.165, 1.54) is 0 Å². The van der Waals surface area contributed by atoms with Gasteiger partial charge in [0.2, 0.25) is 0 Å². The van der Waals surface area contributed by atoms with Gasteiger partial charge in [0.25, 0.3) is 0 Å². The van der Waals surface area contributed by atoms with Gasteiger partial charge in [0.15, 0.2) is 0 Å². The Balaban J connectivity index is 2.24. The third kappa shape index (κ3) is 1.55. The van der Waals surface area contributed by atoms with Gasteiger partial charge in [-0.25, -0.2) is 4.79 Å². The van der Waals surface area contributed by atoms with Gasteiger partial charge in [-0.15, -0.1) is 0 Å². The zero-order chi connectivity index (χ0) is 12.9. The standard InChI is InChI=1S/C11H10BrN5O/c1-17-10(13)8(12)9(16-17)5-2-3-6-7(4-5)15-11(18)14-6/h2-4H,13H2,1H3,(H2,14,15,18). The number of aromatic amines is 2. The molecule has 1 aromatic carbocycles. The molecule has 0 unspecified atom stereocenters. The molecular weight excluding hydrogens is 298 g/mol. The second-order valence-electron chi connectivity index (χ2n) is 4.01. The highest BCUT2D eigenvalue weighted by Crippen LogP contribution is 2.32. The Hall–Kier alpha value is -2.02. The molecule has 0 amide bonds. The second kappa shape index (κ2) is 3.74. The van der Waals surface area contributed by atoms with Gasteiger partial charge in [0.05, 0.1) is 15.5 Å². The van der Waals surface area contributed by atoms with Gasteiger partial charge >= 0.3 is 5.69 Å². The number of rotatable bonds is 1. The van der Waals surface area contributed by atoms with Gasteiger partial charge in [0, 0.05) is 12.6 Å². The van der Waals surface area contributed by atoms with Crippen LogP contribution < -0.4 is 11.4 Å². The summed E-state index contributed by atoms with van der Waals surface area (Å²) in [6, 6.07) is 5.58. The molecular formula is C11H10BrN5O. The zero-order valence-electron chi connectivity index (χ0n) is 9.49. The van der Waals surface area contributed by atoms with Crippen molar-refractivity contribution < 1.29 is 0 Å². The fourth-order valence-electron chi connectivity index (χ4n) is 1.88. The summed E-state index contributed by atoms with van der Waals surface area (Å²) in [7, 11) is 1.78. The Morgan fingerprint density at radius 3 is 2.72 bits per heavy atom. The molecule has 18 heavy (non-hydrogen) atoms. The number of aromatic nitrogens is 4. The minimum atomic E-state index is -0.221. The minimum absolute atomic E-state index is 0.221. The number of benzene rings is 1. The van der Waals surface area contributed by atoms with Crippen molar-refractivity contribution in [2.45, 2.75) is 0 Å². The normalized spacial score (nSPS) is 11.2. The van der Waals surface area contributed by atoms with Crippen LogP contribution in [0.5, 0.6) is 0 Å². The van der Waals surface area contributed by atoms with Crippen LogP contribution in [0.15, 0.2) is 27.5 Å². The molecule has 6 nitrogen and oxygen atoms in total. The van der Waals surface area contributed by atoms with E-state index in [4.69, 9.17) is 5.73 Å². The first-order valence-corrected chi connectivity index (χ1v) is 6.06. The number of nitrogens with one attached hydrogen (secondary N) is 2. The molecule has 0 atom stereocenters. The lowest BCUT2D eigenvalue weighted by molar-refractivity contribution is 0.782. The van der Waals surface area contributed by atoms with Crippen LogP contribution >= 0.6 is 15.9 Å². The summed E-state index contributed by atoms with van der Waals surface area (Å²) in [4.78, 5) is 16.6. The molecule has 0 aliphatic carbocycles. The second-order valence-corrected chi connectivity index (χ2v) is 4.80. The molecule has 0 aliphatic rings. The number of anilines is 1. The number of nitrogens with two attached hydrogens (primary N) is 1. The maximum Gasteiger partial charge on any atom is 0.323 e. The van der Waals surface area contributed by atoms with Crippen LogP contribution in [-0.2, 0) is 7.05 Å². The Bertz CT molecular complexity index is 797. The summed E-state index contributed by atoms with van der Waals surface area (Å²) in [5.41, 5.74) is 8.77. The van der Waals surface area contributed by atoms with Crippen LogP contribution in [0.3, 0.4) is 0 Å². The zero-order valence-corrected chi connectivity index (χ0v) is 11.1. The molecule has 0 fully saturated rings. The van der Waals surface area contributed by atoms with E-state index in [9.17, 15) is 4.79 Å². The summed E-state index contributed by atoms with van der Waals surface area (Å²) in [5.74, 6) is 0.563. The van der Waals surface area contributed by atoms with Crippen LogP contribution in [0.25, 0.3) is 22.3 Å². The van der Waals surface area contributed by atoms with Gasteiger partial charge in [0.1, 0.15) is 11.5 Å². The fraction of sp³-hybridized carbons (Fsp3) is 0.0909. The van der Waals surface area contributed by atoms with E-state index in [1.54, 1.807) is 11.7 Å². The number of halogens is 1. The number of aryl methyl sites for hydroxylation is 1. The summed E-state index contributed by atoms with van der Waals surface area (Å²) < 4.78 is 2.35. The Morgan fingerprint density at radius 2 is 2.06 bits per heavy atom. The highest BCUT2D eigenvalue weighted by Gasteiger charge is 2.13. The van der Waals surface area contributed by atoms with E-state index in [0.29, 0.717) is 5.82 Å². The van der Waals surface area contributed by atoms with E-state index in [2.05, 4.69) is 31.0 Å². The third-order valence-electron chi connectivity index (χ3n) is 2.82. The molecule has 0 radical (unpaired) electrons. The van der Waals surface area contributed by atoms with Crippen molar-refractivity contribution in [1.29, 1.82) is 0 Å². The molecule has 3 rings (SSSR count). The quantitative estimate of drug-likeness (QED) is 0.637. The van der Waals surface area contributed by atoms with Crippen LogP contribution in [-0.4, -0.2) is 19.7 Å². The van der Waals surface area contributed by atoms with E-state index < -0.39 is 0 Å². The van der Waals surface area contributed by atoms with Gasteiger partial charge in [-0.1, -0.05) is 6.07 Å². The Morgan fingerprint density at radius 1 is 1.33 bits per heavy atom. The number of nitrogen functional groups attached to an aromatic ring is 1. The van der Waals surface area contributed by atoms with Gasteiger partial charge in [-0.2, -0.15) is 5.10 Å². The van der Waals surface area contributed by atoms with Crippen LogP contribution in [0.2, 0.25) is 0 Å². The van der Waals surface area contributed by atoms with E-state index >= 15 is 0 Å². The van der Waals surface area contributed by atoms with E-state index in [0.717, 1.165) is 26.8 Å². The van der Waals surface area contributed by atoms with Crippen molar-refractivity contribution in [1.82, 2.24) is 19.7 Å². The predicted molar refractivity (Wildman–Crippen MR) is 73.2 cm³/mol. The van der Waals surface area contributed by atoms with Crippen LogP contribution in [0.4, 0.5) is 5.82 Å². The SMILES string of the molecule is Cn1nc(-c2ccc3[nH]c(=O)[nH]c3c2)c(Br)c1N. The van der Waals surface area contributed by atoms with Gasteiger partial charge < -0.3 is 15.7 Å². The lowest BCUT2D eigenvalue weighted by atomic mass is 10.1. The first-order chi connectivity index (χ1) is 8.56. The molecule has 2 aromatic heterocycles. The predicted octanol–water partition coefficient (Wildman–Crippen LogP) is 1.60. The van der Waals surface area contributed by atoms with E-state index in [-0.39, 0.29) is 5.69 Å². The lowest BCUT2D eigenvalue weighted by Crippen LogP contribution is -1.99. The molecule has 0 spiro atoms. The summed E-state index contributed by atoms with van der Waals surface area (Å²) in [6.07, 6.45) is 0. The molecule has 3 aromatic rings. The molecule has 92 valence electrons. The average Bonchev–Trinajstić information content (AvgIpc) is 2.82. The Kier molecular flexibility index (Phi) is 2.30. The maximum atomic E-state index is 11.2. The largest absolute Gasteiger partial charge is 0.383 e.